The van der Waals surface area contributed by atoms with Crippen LogP contribution >= 0.6 is 24.0 Å². The standard InChI is InChI=1S/C34H31F2N3O2S2Si/c1-33(2,3)27-16-10-11-17-29(27)44-41-21-20-34(24-14-8-5-9-15-24)39(32(42)37-30(40)23-12-6-4-7-13-23)38-31(43-34)26-22-25(35)18-19-28(26)36/h4-19,22H,20-21H2,1-3H3,(H,37,40,42). The summed E-state index contributed by atoms with van der Waals surface area (Å²) < 4.78 is 35.7. The molecular formula is C34H31F2N3O2S2Si. The van der Waals surface area contributed by atoms with Crippen LogP contribution in [0.15, 0.2) is 108 Å². The Balaban J connectivity index is 1.49. The van der Waals surface area contributed by atoms with Gasteiger partial charge in [0.05, 0.1) is 0 Å². The zero-order valence-corrected chi connectivity index (χ0v) is 27.1. The van der Waals surface area contributed by atoms with E-state index >= 15 is 4.39 Å². The van der Waals surface area contributed by atoms with Gasteiger partial charge in [-0.15, -0.1) is 0 Å². The van der Waals surface area contributed by atoms with Crippen molar-refractivity contribution in [1.29, 1.82) is 0 Å². The number of carbonyl (C=O) groups excluding carboxylic acids is 1. The summed E-state index contributed by atoms with van der Waals surface area (Å²) >= 11 is 7.03. The molecule has 0 saturated carbocycles. The Morgan fingerprint density at radius 2 is 1.64 bits per heavy atom. The van der Waals surface area contributed by atoms with Crippen molar-refractivity contribution in [3.8, 4) is 0 Å². The van der Waals surface area contributed by atoms with Crippen LogP contribution in [0.3, 0.4) is 0 Å². The maximum absolute atomic E-state index is 15.1. The van der Waals surface area contributed by atoms with Gasteiger partial charge < -0.3 is 4.43 Å². The summed E-state index contributed by atoms with van der Waals surface area (Å²) in [5, 5.41) is 10.4. The molecule has 5 rings (SSSR count). The van der Waals surface area contributed by atoms with Crippen LogP contribution in [0.4, 0.5) is 8.78 Å². The van der Waals surface area contributed by atoms with Crippen molar-refractivity contribution in [2.24, 2.45) is 5.10 Å². The van der Waals surface area contributed by atoms with E-state index in [4.69, 9.17) is 21.7 Å². The minimum absolute atomic E-state index is 0.0110. The number of thioether (sulfide) groups is 1. The second-order valence-corrected chi connectivity index (χ2v) is 13.9. The Morgan fingerprint density at radius 1 is 0.977 bits per heavy atom. The van der Waals surface area contributed by atoms with Crippen molar-refractivity contribution >= 4 is 55.0 Å². The topological polar surface area (TPSA) is 53.9 Å². The summed E-state index contributed by atoms with van der Waals surface area (Å²) in [5.74, 6) is -1.60. The molecule has 0 bridgehead atoms. The molecule has 1 atom stereocenters. The largest absolute Gasteiger partial charge is 0.411 e. The number of thiocarbonyl (C=S) groups is 1. The molecule has 1 unspecified atom stereocenters. The van der Waals surface area contributed by atoms with E-state index in [9.17, 15) is 9.18 Å². The molecule has 1 heterocycles. The first-order chi connectivity index (χ1) is 21.1. The highest BCUT2D eigenvalue weighted by atomic mass is 32.2. The Kier molecular flexibility index (Phi) is 9.74. The predicted octanol–water partition coefficient (Wildman–Crippen LogP) is 6.89. The van der Waals surface area contributed by atoms with E-state index in [1.54, 1.807) is 24.3 Å². The van der Waals surface area contributed by atoms with Gasteiger partial charge in [-0.05, 0) is 64.3 Å². The zero-order valence-electron chi connectivity index (χ0n) is 24.5. The Labute approximate surface area is 268 Å². The number of halogens is 2. The van der Waals surface area contributed by atoms with E-state index in [0.29, 0.717) is 18.6 Å². The fraction of sp³-hybridized carbons (Fsp3) is 0.206. The first-order valence-electron chi connectivity index (χ1n) is 14.0. The summed E-state index contributed by atoms with van der Waals surface area (Å²) in [4.78, 5) is 12.1. The molecule has 4 aromatic carbocycles. The number of rotatable bonds is 8. The van der Waals surface area contributed by atoms with E-state index in [1.165, 1.54) is 22.3 Å². The summed E-state index contributed by atoms with van der Waals surface area (Å²) in [6, 6.07) is 29.7. The van der Waals surface area contributed by atoms with Crippen LogP contribution in [0.1, 0.15) is 54.2 Å². The summed E-state index contributed by atoms with van der Waals surface area (Å²) in [6.45, 7) is 6.81. The normalized spacial score (nSPS) is 16.5. The fourth-order valence-electron chi connectivity index (χ4n) is 4.91. The van der Waals surface area contributed by atoms with Gasteiger partial charge in [-0.2, -0.15) is 5.10 Å². The number of nitrogens with zero attached hydrogens (tertiary/aromatic N) is 2. The summed E-state index contributed by atoms with van der Waals surface area (Å²) in [7, 11) is 0.0934. The molecule has 1 N–H and O–H groups in total. The number of benzene rings is 4. The second-order valence-electron chi connectivity index (χ2n) is 11.2. The van der Waals surface area contributed by atoms with Gasteiger partial charge in [0.1, 0.15) is 21.5 Å². The lowest BCUT2D eigenvalue weighted by atomic mass is 9.87. The SMILES string of the molecule is CC(C)(C)c1ccccc1[Si]OCCC1(c2ccccc2)SC(c2cc(F)ccc2F)=NN1C(=S)NC(=O)c1ccccc1. The van der Waals surface area contributed by atoms with Crippen LogP contribution in [-0.2, 0) is 14.7 Å². The highest BCUT2D eigenvalue weighted by molar-refractivity contribution is 8.15. The van der Waals surface area contributed by atoms with Gasteiger partial charge in [-0.25, -0.2) is 13.8 Å². The van der Waals surface area contributed by atoms with Crippen LogP contribution in [0.2, 0.25) is 0 Å². The number of nitrogens with one attached hydrogen (secondary N) is 1. The summed E-state index contributed by atoms with van der Waals surface area (Å²) in [6.07, 6.45) is 0.373. The third-order valence-corrected chi connectivity index (χ3v) is 9.82. The number of hydrazone groups is 1. The molecule has 0 spiro atoms. The maximum atomic E-state index is 15.1. The summed E-state index contributed by atoms with van der Waals surface area (Å²) in [5.41, 5.74) is 2.42. The van der Waals surface area contributed by atoms with Crippen molar-refractivity contribution in [3.63, 3.8) is 0 Å². The highest BCUT2D eigenvalue weighted by Gasteiger charge is 2.48. The molecule has 4 aromatic rings. The third kappa shape index (κ3) is 6.99. The Morgan fingerprint density at radius 3 is 2.34 bits per heavy atom. The van der Waals surface area contributed by atoms with E-state index in [-0.39, 0.29) is 30.9 Å². The molecule has 44 heavy (non-hydrogen) atoms. The van der Waals surface area contributed by atoms with E-state index < -0.39 is 22.4 Å². The zero-order chi connectivity index (χ0) is 31.3. The van der Waals surface area contributed by atoms with E-state index in [2.05, 4.69) is 38.2 Å². The van der Waals surface area contributed by atoms with Crippen LogP contribution in [0, 0.1) is 11.6 Å². The quantitative estimate of drug-likeness (QED) is 0.129. The number of amides is 1. The van der Waals surface area contributed by atoms with Gasteiger partial charge in [0.25, 0.3) is 15.7 Å². The van der Waals surface area contributed by atoms with Crippen molar-refractivity contribution in [1.82, 2.24) is 10.3 Å². The molecular weight excluding hydrogens is 613 g/mol. The molecule has 5 nitrogen and oxygen atoms in total. The molecule has 0 aliphatic carbocycles. The van der Waals surface area contributed by atoms with Crippen LogP contribution in [0.5, 0.6) is 0 Å². The molecule has 1 aliphatic heterocycles. The van der Waals surface area contributed by atoms with Crippen LogP contribution < -0.4 is 10.5 Å². The minimum Gasteiger partial charge on any atom is -0.411 e. The lowest BCUT2D eigenvalue weighted by molar-refractivity contribution is 0.0970. The molecule has 2 radical (unpaired) electrons. The lowest BCUT2D eigenvalue weighted by Gasteiger charge is -2.37. The highest BCUT2D eigenvalue weighted by Crippen LogP contribution is 2.50. The Bertz CT molecular complexity index is 1680. The molecule has 1 amide bonds. The van der Waals surface area contributed by atoms with Crippen molar-refractivity contribution in [2.45, 2.75) is 37.5 Å². The maximum Gasteiger partial charge on any atom is 0.268 e. The van der Waals surface area contributed by atoms with Gasteiger partial charge in [-0.1, -0.05) is 105 Å². The molecule has 10 heteroatoms. The first kappa shape index (κ1) is 31.7. The molecule has 0 fully saturated rings. The Hall–Kier alpha value is -3.70. The first-order valence-corrected chi connectivity index (χ1v) is 16.2. The van der Waals surface area contributed by atoms with Crippen molar-refractivity contribution in [2.75, 3.05) is 6.61 Å². The molecule has 0 saturated heterocycles. The number of hydrogen-bond acceptors (Lipinski definition) is 5. The van der Waals surface area contributed by atoms with E-state index in [1.807, 2.05) is 48.5 Å². The number of hydrogen-bond donors (Lipinski definition) is 1. The smallest absolute Gasteiger partial charge is 0.268 e. The molecule has 0 aromatic heterocycles. The van der Waals surface area contributed by atoms with Crippen LogP contribution in [0.25, 0.3) is 0 Å². The molecule has 224 valence electrons. The number of carbonyl (C=O) groups is 1. The van der Waals surface area contributed by atoms with Crippen molar-refractivity contribution < 1.29 is 18.0 Å². The van der Waals surface area contributed by atoms with Gasteiger partial charge >= 0.3 is 0 Å². The van der Waals surface area contributed by atoms with Gasteiger partial charge in [0.2, 0.25) is 0 Å². The van der Waals surface area contributed by atoms with Crippen LogP contribution in [-0.4, -0.2) is 37.4 Å². The van der Waals surface area contributed by atoms with Crippen molar-refractivity contribution in [3.05, 3.63) is 137 Å². The fourth-order valence-corrected chi connectivity index (χ4v) is 7.72. The minimum atomic E-state index is -1.02. The third-order valence-electron chi connectivity index (χ3n) is 7.09. The van der Waals surface area contributed by atoms with Gasteiger partial charge in [0, 0.05) is 24.2 Å². The average Bonchev–Trinajstić information content (AvgIpc) is 3.42. The molecule has 1 aliphatic rings. The lowest BCUT2D eigenvalue weighted by Crippen LogP contribution is -2.48. The average molecular weight is 644 g/mol. The van der Waals surface area contributed by atoms with Gasteiger partial charge in [0.15, 0.2) is 5.11 Å². The van der Waals surface area contributed by atoms with E-state index in [0.717, 1.165) is 28.9 Å². The second kappa shape index (κ2) is 13.5. The predicted molar refractivity (Wildman–Crippen MR) is 178 cm³/mol. The monoisotopic (exact) mass is 643 g/mol. The van der Waals surface area contributed by atoms with Gasteiger partial charge in [-0.3, -0.25) is 10.1 Å².